The Morgan fingerprint density at radius 1 is 1.47 bits per heavy atom. The highest BCUT2D eigenvalue weighted by Gasteiger charge is 2.18. The lowest BCUT2D eigenvalue weighted by molar-refractivity contribution is 0.352. The van der Waals surface area contributed by atoms with Crippen LogP contribution in [-0.4, -0.2) is 30.6 Å². The Hall–Kier alpha value is -1.38. The summed E-state index contributed by atoms with van der Waals surface area (Å²) in [5.41, 5.74) is 5.78. The Morgan fingerprint density at radius 2 is 2.21 bits per heavy atom. The van der Waals surface area contributed by atoms with E-state index in [2.05, 4.69) is 10.1 Å². The molecule has 0 saturated carbocycles. The molecule has 0 aliphatic heterocycles. The van der Waals surface area contributed by atoms with Crippen molar-refractivity contribution < 1.29 is 17.4 Å². The van der Waals surface area contributed by atoms with Gasteiger partial charge >= 0.3 is 0 Å². The van der Waals surface area contributed by atoms with Crippen LogP contribution in [0, 0.1) is 0 Å². The second-order valence-corrected chi connectivity index (χ2v) is 6.22. The molecule has 1 atom stereocenters. The predicted octanol–water partition coefficient (Wildman–Crippen LogP) is 1.19. The first-order chi connectivity index (χ1) is 8.46. The van der Waals surface area contributed by atoms with E-state index >= 15 is 0 Å². The molecule has 0 fully saturated rings. The minimum atomic E-state index is -3.05. The minimum Gasteiger partial charge on any atom is -0.461 e. The first-order valence-electron chi connectivity index (χ1n) is 5.26. The van der Waals surface area contributed by atoms with E-state index in [4.69, 9.17) is 14.7 Å². The van der Waals surface area contributed by atoms with Crippen LogP contribution in [0.15, 0.2) is 27.3 Å². The second kappa shape index (κ2) is 6.18. The summed E-state index contributed by atoms with van der Waals surface area (Å²) in [6, 6.07) is 2.79. The van der Waals surface area contributed by atoms with Crippen molar-refractivity contribution >= 4 is 22.2 Å². The summed E-state index contributed by atoms with van der Waals surface area (Å²) in [5.74, 6) is 0.947. The smallest absolute Gasteiger partial charge is 0.244 e. The molecule has 2 N–H and O–H groups in total. The molecule has 1 unspecified atom stereocenters. The fourth-order valence-corrected chi connectivity index (χ4v) is 2.04. The van der Waals surface area contributed by atoms with Gasteiger partial charge < -0.3 is 14.7 Å². The Kier molecular flexibility index (Phi) is 5.10. The van der Waals surface area contributed by atoms with Crippen LogP contribution in [0.3, 0.4) is 0 Å². The van der Waals surface area contributed by atoms with E-state index in [0.29, 0.717) is 11.6 Å². The van der Waals surface area contributed by atoms with Crippen molar-refractivity contribution in [3.8, 4) is 11.6 Å². The van der Waals surface area contributed by atoms with Gasteiger partial charge in [0.15, 0.2) is 5.76 Å². The molecule has 0 radical (unpaired) electrons. The topological polar surface area (TPSA) is 112 Å². The van der Waals surface area contributed by atoms with E-state index in [1.165, 1.54) is 6.26 Å². The standard InChI is InChI=1S/C10H13N3O4S.ClH/c1-18(14,15)6-4-7(11)10-12-9(13-17-10)8-3-2-5-16-8;/h2-3,5,7H,4,6,11H2,1H3;1H. The van der Waals surface area contributed by atoms with Gasteiger partial charge in [0, 0.05) is 6.26 Å². The summed E-state index contributed by atoms with van der Waals surface area (Å²) in [7, 11) is -3.05. The van der Waals surface area contributed by atoms with Crippen LogP contribution < -0.4 is 5.73 Å². The van der Waals surface area contributed by atoms with Crippen molar-refractivity contribution in [1.82, 2.24) is 10.1 Å². The molecule has 0 bridgehead atoms. The van der Waals surface area contributed by atoms with Gasteiger partial charge in [-0.05, 0) is 18.6 Å². The quantitative estimate of drug-likeness (QED) is 0.882. The highest BCUT2D eigenvalue weighted by molar-refractivity contribution is 7.90. The summed E-state index contributed by atoms with van der Waals surface area (Å²) < 4.78 is 32.1. The van der Waals surface area contributed by atoms with Crippen LogP contribution in [0.5, 0.6) is 0 Å². The molecular weight excluding hydrogens is 294 g/mol. The Labute approximate surface area is 116 Å². The molecule has 0 aliphatic carbocycles. The van der Waals surface area contributed by atoms with Crippen molar-refractivity contribution in [1.29, 1.82) is 0 Å². The van der Waals surface area contributed by atoms with Gasteiger partial charge in [-0.15, -0.1) is 12.4 Å². The molecule has 9 heteroatoms. The minimum absolute atomic E-state index is 0. The average molecular weight is 308 g/mol. The molecule has 0 spiro atoms. The van der Waals surface area contributed by atoms with E-state index < -0.39 is 15.9 Å². The average Bonchev–Trinajstić information content (AvgIpc) is 2.94. The maximum atomic E-state index is 11.0. The van der Waals surface area contributed by atoms with Crippen molar-refractivity contribution in [2.45, 2.75) is 12.5 Å². The summed E-state index contributed by atoms with van der Waals surface area (Å²) in [6.45, 7) is 0. The third-order valence-corrected chi connectivity index (χ3v) is 3.28. The van der Waals surface area contributed by atoms with Gasteiger partial charge in [0.2, 0.25) is 11.7 Å². The molecule has 2 aromatic rings. The van der Waals surface area contributed by atoms with Crippen molar-refractivity contribution in [3.05, 3.63) is 24.3 Å². The van der Waals surface area contributed by atoms with Crippen LogP contribution in [0.25, 0.3) is 11.6 Å². The lowest BCUT2D eigenvalue weighted by Gasteiger charge is -2.04. The molecule has 2 heterocycles. The van der Waals surface area contributed by atoms with E-state index in [-0.39, 0.29) is 30.5 Å². The zero-order chi connectivity index (χ0) is 13.2. The first-order valence-corrected chi connectivity index (χ1v) is 7.32. The van der Waals surface area contributed by atoms with Gasteiger partial charge in [0.05, 0.1) is 18.1 Å². The van der Waals surface area contributed by atoms with E-state index in [0.717, 1.165) is 6.26 Å². The number of furan rings is 1. The van der Waals surface area contributed by atoms with Crippen LogP contribution in [0.4, 0.5) is 0 Å². The lowest BCUT2D eigenvalue weighted by Crippen LogP contribution is -2.16. The fourth-order valence-electron chi connectivity index (χ4n) is 1.36. The SMILES string of the molecule is CS(=O)(=O)CCC(N)c1nc(-c2ccco2)no1.Cl. The monoisotopic (exact) mass is 307 g/mol. The Bertz CT molecular complexity index is 609. The van der Waals surface area contributed by atoms with Crippen LogP contribution in [-0.2, 0) is 9.84 Å². The van der Waals surface area contributed by atoms with Crippen molar-refractivity contribution in [2.75, 3.05) is 12.0 Å². The summed E-state index contributed by atoms with van der Waals surface area (Å²) in [4.78, 5) is 4.06. The number of rotatable bonds is 5. The van der Waals surface area contributed by atoms with Gasteiger partial charge in [0.1, 0.15) is 9.84 Å². The zero-order valence-corrected chi connectivity index (χ0v) is 11.8. The van der Waals surface area contributed by atoms with Crippen molar-refractivity contribution in [3.63, 3.8) is 0 Å². The molecular formula is C10H14ClN3O4S. The van der Waals surface area contributed by atoms with E-state index in [1.807, 2.05) is 0 Å². The number of nitrogens with two attached hydrogens (primary N) is 1. The highest BCUT2D eigenvalue weighted by Crippen LogP contribution is 2.19. The normalized spacial score (nSPS) is 12.9. The largest absolute Gasteiger partial charge is 0.461 e. The van der Waals surface area contributed by atoms with Crippen LogP contribution in [0.2, 0.25) is 0 Å². The number of halogens is 1. The number of aromatic nitrogens is 2. The number of hydrogen-bond acceptors (Lipinski definition) is 7. The predicted molar refractivity (Wildman–Crippen MR) is 70.5 cm³/mol. The molecule has 0 aliphatic rings. The van der Waals surface area contributed by atoms with Gasteiger partial charge in [0.25, 0.3) is 0 Å². The molecule has 19 heavy (non-hydrogen) atoms. The molecule has 0 saturated heterocycles. The van der Waals surface area contributed by atoms with Crippen LogP contribution in [0.1, 0.15) is 18.4 Å². The van der Waals surface area contributed by atoms with Gasteiger partial charge in [-0.3, -0.25) is 0 Å². The molecule has 7 nitrogen and oxygen atoms in total. The molecule has 106 valence electrons. The maximum Gasteiger partial charge on any atom is 0.244 e. The number of hydrogen-bond donors (Lipinski definition) is 1. The first kappa shape index (κ1) is 15.7. The maximum absolute atomic E-state index is 11.0. The van der Waals surface area contributed by atoms with E-state index in [1.54, 1.807) is 12.1 Å². The fraction of sp³-hybridized carbons (Fsp3) is 0.400. The third-order valence-electron chi connectivity index (χ3n) is 2.30. The third kappa shape index (κ3) is 4.34. The Balaban J connectivity index is 0.00000180. The van der Waals surface area contributed by atoms with Crippen LogP contribution >= 0.6 is 12.4 Å². The molecule has 0 amide bonds. The molecule has 2 rings (SSSR count). The van der Waals surface area contributed by atoms with E-state index in [9.17, 15) is 8.42 Å². The van der Waals surface area contributed by atoms with Gasteiger partial charge in [-0.1, -0.05) is 5.16 Å². The van der Waals surface area contributed by atoms with Gasteiger partial charge in [-0.2, -0.15) is 4.98 Å². The Morgan fingerprint density at radius 3 is 2.79 bits per heavy atom. The summed E-state index contributed by atoms with van der Waals surface area (Å²) in [5, 5.41) is 3.71. The highest BCUT2D eigenvalue weighted by atomic mass is 35.5. The molecule has 2 aromatic heterocycles. The van der Waals surface area contributed by atoms with Crippen molar-refractivity contribution in [2.24, 2.45) is 5.73 Å². The molecule has 0 aromatic carbocycles. The number of nitrogens with zero attached hydrogens (tertiary/aromatic N) is 2. The zero-order valence-electron chi connectivity index (χ0n) is 10.1. The van der Waals surface area contributed by atoms with Gasteiger partial charge in [-0.25, -0.2) is 8.42 Å². The second-order valence-electron chi connectivity index (χ2n) is 3.96. The summed E-state index contributed by atoms with van der Waals surface area (Å²) in [6.07, 6.45) is 2.88. The number of sulfone groups is 1. The summed E-state index contributed by atoms with van der Waals surface area (Å²) >= 11 is 0. The lowest BCUT2D eigenvalue weighted by atomic mass is 10.2.